The van der Waals surface area contributed by atoms with Gasteiger partial charge in [0, 0.05) is 31.4 Å². The van der Waals surface area contributed by atoms with E-state index in [1.54, 1.807) is 0 Å². The second-order valence-corrected chi connectivity index (χ2v) is 5.60. The van der Waals surface area contributed by atoms with E-state index in [0.717, 1.165) is 19.3 Å². The van der Waals surface area contributed by atoms with E-state index in [4.69, 9.17) is 11.6 Å². The minimum Gasteiger partial charge on any atom is -0.356 e. The lowest BCUT2D eigenvalue weighted by atomic mass is 10.1. The number of carbonyl (C=O) groups is 2. The van der Waals surface area contributed by atoms with Crippen molar-refractivity contribution in [2.24, 2.45) is 5.92 Å². The molecule has 4 nitrogen and oxygen atoms in total. The lowest BCUT2D eigenvalue weighted by Gasteiger charge is -2.23. The molecule has 1 N–H and O–H groups in total. The van der Waals surface area contributed by atoms with Crippen LogP contribution in [-0.4, -0.2) is 41.7 Å². The van der Waals surface area contributed by atoms with Crippen molar-refractivity contribution in [2.45, 2.75) is 44.6 Å². The Balaban J connectivity index is 1.81. The summed E-state index contributed by atoms with van der Waals surface area (Å²) >= 11 is 5.56. The van der Waals surface area contributed by atoms with Crippen molar-refractivity contribution in [3.63, 3.8) is 0 Å². The average molecular weight is 273 g/mol. The average Bonchev–Trinajstić information content (AvgIpc) is 2.97. The first kappa shape index (κ1) is 13.7. The lowest BCUT2D eigenvalue weighted by Crippen LogP contribution is -2.37. The first-order valence-electron chi connectivity index (χ1n) is 6.85. The fourth-order valence-electron chi connectivity index (χ4n) is 2.90. The lowest BCUT2D eigenvalue weighted by molar-refractivity contribution is -0.130. The highest BCUT2D eigenvalue weighted by Gasteiger charge is 2.38. The normalized spacial score (nSPS) is 24.8. The maximum Gasteiger partial charge on any atom is 0.225 e. The quantitative estimate of drug-likeness (QED) is 0.609. The van der Waals surface area contributed by atoms with Crippen molar-refractivity contribution in [3.05, 3.63) is 0 Å². The zero-order valence-electron chi connectivity index (χ0n) is 10.7. The van der Waals surface area contributed by atoms with Gasteiger partial charge in [0.2, 0.25) is 11.8 Å². The van der Waals surface area contributed by atoms with Crippen molar-refractivity contribution in [3.8, 4) is 0 Å². The summed E-state index contributed by atoms with van der Waals surface area (Å²) in [6.45, 7) is 1.21. The molecule has 0 spiro atoms. The van der Waals surface area contributed by atoms with Gasteiger partial charge in [-0.3, -0.25) is 9.59 Å². The van der Waals surface area contributed by atoms with Crippen LogP contribution in [0.2, 0.25) is 0 Å². The first-order valence-corrected chi connectivity index (χ1v) is 7.39. The van der Waals surface area contributed by atoms with Crippen LogP contribution in [0.15, 0.2) is 0 Å². The predicted octanol–water partition coefficient (Wildman–Crippen LogP) is 1.52. The van der Waals surface area contributed by atoms with Crippen molar-refractivity contribution >= 4 is 23.4 Å². The Bertz CT molecular complexity index is 316. The Labute approximate surface area is 113 Å². The van der Waals surface area contributed by atoms with Gasteiger partial charge in [0.15, 0.2) is 0 Å². The highest BCUT2D eigenvalue weighted by atomic mass is 35.5. The second-order valence-electron chi connectivity index (χ2n) is 5.22. The van der Waals surface area contributed by atoms with Crippen LogP contribution in [0.5, 0.6) is 0 Å². The topological polar surface area (TPSA) is 49.4 Å². The molecule has 1 saturated carbocycles. The molecule has 1 aliphatic heterocycles. The van der Waals surface area contributed by atoms with E-state index >= 15 is 0 Å². The van der Waals surface area contributed by atoms with E-state index in [9.17, 15) is 9.59 Å². The number of amides is 2. The van der Waals surface area contributed by atoms with Crippen molar-refractivity contribution in [1.29, 1.82) is 0 Å². The monoisotopic (exact) mass is 272 g/mol. The van der Waals surface area contributed by atoms with Crippen molar-refractivity contribution < 1.29 is 9.59 Å². The molecule has 1 saturated heterocycles. The number of alkyl halides is 1. The minimum atomic E-state index is -0.159. The Hall–Kier alpha value is -0.770. The molecule has 2 fully saturated rings. The third kappa shape index (κ3) is 3.16. The summed E-state index contributed by atoms with van der Waals surface area (Å²) in [4.78, 5) is 25.8. The first-order chi connectivity index (χ1) is 8.72. The fourth-order valence-corrected chi connectivity index (χ4v) is 3.03. The number of carbonyl (C=O) groups excluding carboxylic acids is 2. The maximum absolute atomic E-state index is 11.9. The largest absolute Gasteiger partial charge is 0.356 e. The molecule has 2 amide bonds. The van der Waals surface area contributed by atoms with Gasteiger partial charge in [-0.25, -0.2) is 0 Å². The van der Waals surface area contributed by atoms with E-state index in [2.05, 4.69) is 5.32 Å². The van der Waals surface area contributed by atoms with E-state index in [-0.39, 0.29) is 17.7 Å². The molecule has 0 aromatic carbocycles. The Kier molecular flexibility index (Phi) is 4.87. The number of likely N-dealkylation sites (tertiary alicyclic amines) is 1. The third-order valence-electron chi connectivity index (χ3n) is 3.90. The summed E-state index contributed by atoms with van der Waals surface area (Å²) in [5.74, 6) is 0.555. The van der Waals surface area contributed by atoms with Gasteiger partial charge in [0.1, 0.15) is 0 Å². The third-order valence-corrected chi connectivity index (χ3v) is 4.17. The molecular formula is C13H21ClN2O2. The fraction of sp³-hybridized carbons (Fsp3) is 0.846. The Morgan fingerprint density at radius 2 is 2.11 bits per heavy atom. The number of nitrogens with one attached hydrogen (secondary N) is 1. The number of halogens is 1. The van der Waals surface area contributed by atoms with Gasteiger partial charge in [0.25, 0.3) is 0 Å². The molecule has 1 unspecified atom stereocenters. The summed E-state index contributed by atoms with van der Waals surface area (Å²) < 4.78 is 0. The molecule has 18 heavy (non-hydrogen) atoms. The molecule has 0 bridgehead atoms. The molecule has 2 rings (SSSR count). The zero-order chi connectivity index (χ0) is 13.0. The highest BCUT2D eigenvalue weighted by Crippen LogP contribution is 2.29. The molecule has 102 valence electrons. The minimum absolute atomic E-state index is 0.00830. The van der Waals surface area contributed by atoms with Gasteiger partial charge in [-0.2, -0.15) is 0 Å². The van der Waals surface area contributed by atoms with E-state index < -0.39 is 0 Å². The Morgan fingerprint density at radius 3 is 2.78 bits per heavy atom. The van der Waals surface area contributed by atoms with Gasteiger partial charge >= 0.3 is 0 Å². The van der Waals surface area contributed by atoms with Crippen LogP contribution < -0.4 is 5.32 Å². The van der Waals surface area contributed by atoms with E-state index in [1.807, 2.05) is 4.90 Å². The van der Waals surface area contributed by atoms with Gasteiger partial charge in [-0.1, -0.05) is 12.8 Å². The van der Waals surface area contributed by atoms with E-state index in [0.29, 0.717) is 31.4 Å². The molecule has 0 aromatic heterocycles. The van der Waals surface area contributed by atoms with Crippen LogP contribution in [0.3, 0.4) is 0 Å². The summed E-state index contributed by atoms with van der Waals surface area (Å²) in [6.07, 6.45) is 5.78. The highest BCUT2D eigenvalue weighted by molar-refractivity contribution is 6.17. The maximum atomic E-state index is 11.9. The summed E-state index contributed by atoms with van der Waals surface area (Å²) in [6, 6.07) is 0.387. The van der Waals surface area contributed by atoms with Gasteiger partial charge < -0.3 is 10.2 Å². The SMILES string of the molecule is O=C(NCCCCl)C1CC(=O)N(C2CCCC2)C1. The summed E-state index contributed by atoms with van der Waals surface area (Å²) in [7, 11) is 0. The molecule has 2 aliphatic rings. The van der Waals surface area contributed by atoms with Crippen molar-refractivity contribution in [2.75, 3.05) is 19.0 Å². The van der Waals surface area contributed by atoms with Crippen LogP contribution in [0.1, 0.15) is 38.5 Å². The molecule has 0 radical (unpaired) electrons. The number of hydrogen-bond acceptors (Lipinski definition) is 2. The standard InChI is InChI=1S/C13H21ClN2O2/c14-6-3-7-15-13(18)10-8-12(17)16(9-10)11-4-1-2-5-11/h10-11H,1-9H2,(H,15,18). The molecule has 1 atom stereocenters. The van der Waals surface area contributed by atoms with Crippen LogP contribution in [0.4, 0.5) is 0 Å². The molecular weight excluding hydrogens is 252 g/mol. The molecule has 0 aromatic rings. The van der Waals surface area contributed by atoms with Crippen molar-refractivity contribution in [1.82, 2.24) is 10.2 Å². The van der Waals surface area contributed by atoms with Crippen LogP contribution in [-0.2, 0) is 9.59 Å². The van der Waals surface area contributed by atoms with E-state index in [1.165, 1.54) is 12.8 Å². The second kappa shape index (κ2) is 6.41. The van der Waals surface area contributed by atoms with Crippen LogP contribution in [0, 0.1) is 5.92 Å². The summed E-state index contributed by atoms with van der Waals surface area (Å²) in [5.41, 5.74) is 0. The van der Waals surface area contributed by atoms with Crippen LogP contribution in [0.25, 0.3) is 0 Å². The number of hydrogen-bond donors (Lipinski definition) is 1. The Morgan fingerprint density at radius 1 is 1.39 bits per heavy atom. The van der Waals surface area contributed by atoms with Gasteiger partial charge in [0.05, 0.1) is 5.92 Å². The van der Waals surface area contributed by atoms with Crippen LogP contribution >= 0.6 is 11.6 Å². The smallest absolute Gasteiger partial charge is 0.225 e. The molecule has 5 heteroatoms. The summed E-state index contributed by atoms with van der Waals surface area (Å²) in [5, 5.41) is 2.85. The molecule has 1 aliphatic carbocycles. The zero-order valence-corrected chi connectivity index (χ0v) is 11.4. The van der Waals surface area contributed by atoms with Gasteiger partial charge in [-0.15, -0.1) is 11.6 Å². The molecule has 1 heterocycles. The predicted molar refractivity (Wildman–Crippen MR) is 70.4 cm³/mol. The number of rotatable bonds is 5. The van der Waals surface area contributed by atoms with Gasteiger partial charge in [-0.05, 0) is 19.3 Å². The number of nitrogens with zero attached hydrogens (tertiary/aromatic N) is 1.